The highest BCUT2D eigenvalue weighted by Gasteiger charge is 2.04. The van der Waals surface area contributed by atoms with Gasteiger partial charge in [-0.25, -0.2) is 0 Å². The van der Waals surface area contributed by atoms with E-state index in [0.717, 1.165) is 31.0 Å². The van der Waals surface area contributed by atoms with Gasteiger partial charge in [-0.15, -0.1) is 0 Å². The van der Waals surface area contributed by atoms with Crippen LogP contribution in [-0.4, -0.2) is 20.1 Å². The van der Waals surface area contributed by atoms with Crippen LogP contribution in [0.1, 0.15) is 18.4 Å². The number of unbranched alkanes of at least 4 members (excludes halogenated alkanes) is 1. The lowest BCUT2D eigenvalue weighted by atomic mass is 10.2. The molecule has 0 saturated carbocycles. The van der Waals surface area contributed by atoms with E-state index in [2.05, 4.69) is 24.9 Å². The smallest absolute Gasteiger partial charge is 0.0410 e. The molecule has 0 aromatic heterocycles. The van der Waals surface area contributed by atoms with Gasteiger partial charge in [-0.05, 0) is 50.1 Å². The Bertz CT molecular complexity index is 312. The molecule has 3 heteroatoms. The van der Waals surface area contributed by atoms with Crippen molar-refractivity contribution in [2.45, 2.75) is 19.8 Å². The molecule has 0 spiro atoms. The zero-order valence-electron chi connectivity index (χ0n) is 9.46. The molecule has 2 nitrogen and oxygen atoms in total. The summed E-state index contributed by atoms with van der Waals surface area (Å²) in [6.45, 7) is 3.90. The third kappa shape index (κ3) is 3.73. The van der Waals surface area contributed by atoms with Crippen molar-refractivity contribution in [2.75, 3.05) is 25.0 Å². The van der Waals surface area contributed by atoms with Gasteiger partial charge in [-0.2, -0.15) is 0 Å². The van der Waals surface area contributed by atoms with Gasteiger partial charge < -0.3 is 10.6 Å². The summed E-state index contributed by atoms with van der Waals surface area (Å²) in [6.07, 6.45) is 2.21. The lowest BCUT2D eigenvalue weighted by Gasteiger charge is -2.21. The maximum atomic E-state index is 5.91. The van der Waals surface area contributed by atoms with Gasteiger partial charge in [0.05, 0.1) is 0 Å². The van der Waals surface area contributed by atoms with Crippen LogP contribution in [0.15, 0.2) is 18.2 Å². The summed E-state index contributed by atoms with van der Waals surface area (Å²) in [5.74, 6) is 0. The van der Waals surface area contributed by atoms with Crippen LogP contribution in [0.4, 0.5) is 5.69 Å². The first-order valence-corrected chi connectivity index (χ1v) is 5.70. The molecule has 0 fully saturated rings. The fourth-order valence-electron chi connectivity index (χ4n) is 1.66. The Kier molecular flexibility index (Phi) is 4.92. The molecule has 0 amide bonds. The quantitative estimate of drug-likeness (QED) is 0.783. The van der Waals surface area contributed by atoms with Gasteiger partial charge in [0, 0.05) is 24.3 Å². The number of anilines is 1. The zero-order valence-corrected chi connectivity index (χ0v) is 10.2. The number of benzene rings is 1. The van der Waals surface area contributed by atoms with Gasteiger partial charge in [0.25, 0.3) is 0 Å². The van der Waals surface area contributed by atoms with Gasteiger partial charge in [0.2, 0.25) is 0 Å². The molecule has 84 valence electrons. The Labute approximate surface area is 97.0 Å². The monoisotopic (exact) mass is 226 g/mol. The molecular formula is C12H19ClN2. The standard InChI is InChI=1S/C12H19ClN2/c1-10-9-11(13)5-6-12(10)15(2)8-4-3-7-14/h5-6,9H,3-4,7-8,14H2,1-2H3. The Morgan fingerprint density at radius 3 is 2.67 bits per heavy atom. The zero-order chi connectivity index (χ0) is 11.3. The molecule has 0 saturated heterocycles. The van der Waals surface area contributed by atoms with E-state index in [1.54, 1.807) is 0 Å². The van der Waals surface area contributed by atoms with Gasteiger partial charge in [-0.1, -0.05) is 11.6 Å². The van der Waals surface area contributed by atoms with Crippen molar-refractivity contribution in [2.24, 2.45) is 5.73 Å². The van der Waals surface area contributed by atoms with Crippen molar-refractivity contribution >= 4 is 17.3 Å². The van der Waals surface area contributed by atoms with Crippen LogP contribution in [0, 0.1) is 6.92 Å². The first kappa shape index (κ1) is 12.3. The molecule has 0 heterocycles. The van der Waals surface area contributed by atoms with Crippen molar-refractivity contribution in [3.8, 4) is 0 Å². The van der Waals surface area contributed by atoms with Crippen molar-refractivity contribution in [3.63, 3.8) is 0 Å². The molecule has 15 heavy (non-hydrogen) atoms. The van der Waals surface area contributed by atoms with Crippen molar-refractivity contribution in [1.82, 2.24) is 0 Å². The van der Waals surface area contributed by atoms with Crippen molar-refractivity contribution in [3.05, 3.63) is 28.8 Å². The van der Waals surface area contributed by atoms with Crippen molar-refractivity contribution < 1.29 is 0 Å². The third-order valence-corrected chi connectivity index (χ3v) is 2.75. The van der Waals surface area contributed by atoms with Crippen LogP contribution in [0.3, 0.4) is 0 Å². The molecule has 0 bridgehead atoms. The van der Waals surface area contributed by atoms with E-state index >= 15 is 0 Å². The molecular weight excluding hydrogens is 208 g/mol. The molecule has 2 N–H and O–H groups in total. The molecule has 1 rings (SSSR count). The number of rotatable bonds is 5. The van der Waals surface area contributed by atoms with Gasteiger partial charge in [0.15, 0.2) is 0 Å². The van der Waals surface area contributed by atoms with Crippen LogP contribution in [0.25, 0.3) is 0 Å². The number of halogens is 1. The van der Waals surface area contributed by atoms with Crippen molar-refractivity contribution in [1.29, 1.82) is 0 Å². The minimum absolute atomic E-state index is 0.771. The average Bonchev–Trinajstić information content (AvgIpc) is 2.17. The largest absolute Gasteiger partial charge is 0.374 e. The summed E-state index contributed by atoms with van der Waals surface area (Å²) in [6, 6.07) is 6.00. The summed E-state index contributed by atoms with van der Waals surface area (Å²) in [4.78, 5) is 2.25. The molecule has 1 aromatic carbocycles. The Balaban J connectivity index is 2.61. The van der Waals surface area contributed by atoms with E-state index in [-0.39, 0.29) is 0 Å². The van der Waals surface area contributed by atoms with Crippen LogP contribution in [0.5, 0.6) is 0 Å². The highest BCUT2D eigenvalue weighted by atomic mass is 35.5. The number of nitrogens with zero attached hydrogens (tertiary/aromatic N) is 1. The van der Waals surface area contributed by atoms with E-state index in [1.165, 1.54) is 11.3 Å². The van der Waals surface area contributed by atoms with E-state index in [0.29, 0.717) is 0 Å². The number of hydrogen-bond acceptors (Lipinski definition) is 2. The van der Waals surface area contributed by atoms with Gasteiger partial charge >= 0.3 is 0 Å². The second-order valence-electron chi connectivity index (χ2n) is 3.85. The molecule has 0 atom stereocenters. The first-order valence-electron chi connectivity index (χ1n) is 5.32. The predicted molar refractivity (Wildman–Crippen MR) is 67.7 cm³/mol. The molecule has 0 radical (unpaired) electrons. The second-order valence-corrected chi connectivity index (χ2v) is 4.28. The SMILES string of the molecule is Cc1cc(Cl)ccc1N(C)CCCCN. The minimum Gasteiger partial charge on any atom is -0.374 e. The van der Waals surface area contributed by atoms with Gasteiger partial charge in [-0.3, -0.25) is 0 Å². The number of nitrogens with two attached hydrogens (primary N) is 1. The Morgan fingerprint density at radius 1 is 1.33 bits per heavy atom. The Morgan fingerprint density at radius 2 is 2.07 bits per heavy atom. The topological polar surface area (TPSA) is 29.3 Å². The molecule has 0 aliphatic heterocycles. The fraction of sp³-hybridized carbons (Fsp3) is 0.500. The lowest BCUT2D eigenvalue weighted by molar-refractivity contribution is 0.727. The molecule has 0 aliphatic carbocycles. The van der Waals surface area contributed by atoms with E-state index < -0.39 is 0 Å². The summed E-state index contributed by atoms with van der Waals surface area (Å²) in [7, 11) is 2.10. The maximum Gasteiger partial charge on any atom is 0.0410 e. The lowest BCUT2D eigenvalue weighted by Crippen LogP contribution is -2.20. The third-order valence-electron chi connectivity index (χ3n) is 2.52. The fourth-order valence-corrected chi connectivity index (χ4v) is 1.89. The number of hydrogen-bond donors (Lipinski definition) is 1. The number of aryl methyl sites for hydroxylation is 1. The summed E-state index contributed by atoms with van der Waals surface area (Å²) >= 11 is 5.91. The maximum absolute atomic E-state index is 5.91. The van der Waals surface area contributed by atoms with E-state index in [4.69, 9.17) is 17.3 Å². The summed E-state index contributed by atoms with van der Waals surface area (Å²) < 4.78 is 0. The van der Waals surface area contributed by atoms with Crippen LogP contribution in [-0.2, 0) is 0 Å². The van der Waals surface area contributed by atoms with Crippen LogP contribution in [0.2, 0.25) is 5.02 Å². The van der Waals surface area contributed by atoms with E-state index in [9.17, 15) is 0 Å². The van der Waals surface area contributed by atoms with Crippen LogP contribution >= 0.6 is 11.6 Å². The molecule has 0 unspecified atom stereocenters. The first-order chi connectivity index (χ1) is 7.15. The highest BCUT2D eigenvalue weighted by molar-refractivity contribution is 6.30. The molecule has 1 aromatic rings. The highest BCUT2D eigenvalue weighted by Crippen LogP contribution is 2.22. The average molecular weight is 227 g/mol. The predicted octanol–water partition coefficient (Wildman–Crippen LogP) is 2.82. The normalized spacial score (nSPS) is 10.4. The summed E-state index contributed by atoms with van der Waals surface area (Å²) in [5.41, 5.74) is 7.93. The Hall–Kier alpha value is -0.730. The summed E-state index contributed by atoms with van der Waals surface area (Å²) in [5, 5.41) is 0.798. The van der Waals surface area contributed by atoms with Crippen LogP contribution < -0.4 is 10.6 Å². The second kappa shape index (κ2) is 5.99. The molecule has 0 aliphatic rings. The minimum atomic E-state index is 0.771. The van der Waals surface area contributed by atoms with E-state index in [1.807, 2.05) is 12.1 Å². The van der Waals surface area contributed by atoms with Gasteiger partial charge in [0.1, 0.15) is 0 Å².